The summed E-state index contributed by atoms with van der Waals surface area (Å²) < 4.78 is 7.36. The van der Waals surface area contributed by atoms with Gasteiger partial charge in [-0.05, 0) is 79.6 Å². The molecule has 1 aromatic heterocycles. The van der Waals surface area contributed by atoms with Gasteiger partial charge in [-0.3, -0.25) is 19.0 Å². The molecule has 48 heavy (non-hydrogen) atoms. The molecule has 0 saturated carbocycles. The number of hydrogen-bond acceptors (Lipinski definition) is 5. The van der Waals surface area contributed by atoms with Gasteiger partial charge in [0.05, 0.1) is 22.9 Å². The van der Waals surface area contributed by atoms with Crippen LogP contribution in [0.5, 0.6) is 5.75 Å². The summed E-state index contributed by atoms with van der Waals surface area (Å²) in [6.07, 6.45) is 2.24. The Morgan fingerprint density at radius 2 is 1.42 bits per heavy atom. The first-order valence-electron chi connectivity index (χ1n) is 15.9. The van der Waals surface area contributed by atoms with Crippen molar-refractivity contribution in [1.29, 1.82) is 0 Å². The number of rotatable bonds is 11. The Kier molecular flexibility index (Phi) is 10.0. The zero-order chi connectivity index (χ0) is 33.5. The molecule has 0 saturated heterocycles. The van der Waals surface area contributed by atoms with Crippen molar-refractivity contribution >= 4 is 63.1 Å². The van der Waals surface area contributed by atoms with Gasteiger partial charge in [0.2, 0.25) is 5.91 Å². The van der Waals surface area contributed by atoms with Crippen LogP contribution in [0.25, 0.3) is 27.9 Å². The lowest BCUT2D eigenvalue weighted by atomic mass is 10.1. The van der Waals surface area contributed by atoms with Crippen LogP contribution in [0.1, 0.15) is 41.0 Å². The molecule has 6 rings (SSSR count). The Bertz CT molecular complexity index is 2070. The number of fused-ring (bicyclic) bond motifs is 3. The number of carbonyl (C=O) groups excluding carboxylic acids is 3. The van der Waals surface area contributed by atoms with E-state index in [1.165, 1.54) is 11.8 Å². The molecule has 0 radical (unpaired) electrons. The van der Waals surface area contributed by atoms with Gasteiger partial charge in [0.25, 0.3) is 11.8 Å². The second kappa shape index (κ2) is 14.9. The molecule has 240 valence electrons. The van der Waals surface area contributed by atoms with Gasteiger partial charge in [-0.15, -0.1) is 11.8 Å². The molecule has 2 N–H and O–H groups in total. The molecule has 2 amide bonds. The number of benzene rings is 5. The molecule has 0 fully saturated rings. The predicted octanol–water partition coefficient (Wildman–Crippen LogP) is 8.81. The molecule has 0 spiro atoms. The second-order valence-corrected chi connectivity index (χ2v) is 12.4. The average Bonchev–Trinajstić information content (AvgIpc) is 3.46. The average molecular weight is 654 g/mol. The number of nitrogens with one attached hydrogen (secondary N) is 2. The monoisotopic (exact) mass is 653 g/mol. The van der Waals surface area contributed by atoms with Crippen LogP contribution < -0.4 is 15.4 Å². The van der Waals surface area contributed by atoms with Crippen molar-refractivity contribution in [3.05, 3.63) is 144 Å². The fraction of sp³-hybridized carbons (Fsp3) is 0.125. The molecule has 5 aromatic carbocycles. The largest absolute Gasteiger partial charge is 0.494 e. The summed E-state index contributed by atoms with van der Waals surface area (Å²) in [5.41, 5.74) is 3.53. The number of amides is 2. The predicted molar refractivity (Wildman–Crippen MR) is 195 cm³/mol. The molecule has 0 aliphatic heterocycles. The second-order valence-electron chi connectivity index (χ2n) is 11.1. The van der Waals surface area contributed by atoms with E-state index in [-0.39, 0.29) is 16.9 Å². The van der Waals surface area contributed by atoms with E-state index in [4.69, 9.17) is 4.74 Å². The Balaban J connectivity index is 1.24. The minimum atomic E-state index is -0.483. The highest BCUT2D eigenvalue weighted by Crippen LogP contribution is 2.33. The lowest BCUT2D eigenvalue weighted by Crippen LogP contribution is -2.30. The van der Waals surface area contributed by atoms with Gasteiger partial charge >= 0.3 is 0 Å². The number of ether oxygens (including phenoxy) is 1. The highest BCUT2D eigenvalue weighted by atomic mass is 32.2. The number of nitrogens with zero attached hydrogens (tertiary/aromatic N) is 1. The van der Waals surface area contributed by atoms with Crippen LogP contribution in [0.15, 0.2) is 138 Å². The van der Waals surface area contributed by atoms with Crippen LogP contribution in [0.4, 0.5) is 5.69 Å². The molecule has 6 aromatic rings. The van der Waals surface area contributed by atoms with E-state index >= 15 is 0 Å². The summed E-state index contributed by atoms with van der Waals surface area (Å²) in [6, 6.07) is 39.3. The summed E-state index contributed by atoms with van der Waals surface area (Å²) in [7, 11) is 0. The van der Waals surface area contributed by atoms with Gasteiger partial charge in [0, 0.05) is 26.9 Å². The SMILES string of the molecule is CCOc1ccc(/C=C(/NC(=O)c2ccccc2)C(=O)Nc2cccc(SC(CC)C(=O)n3c4ccccc4c4ccccc43)c2)cc1. The number of hydrogen-bond donors (Lipinski definition) is 2. The number of para-hydroxylation sites is 2. The maximum atomic E-state index is 14.1. The maximum Gasteiger partial charge on any atom is 0.272 e. The molecule has 0 aliphatic rings. The van der Waals surface area contributed by atoms with Crippen LogP contribution >= 0.6 is 11.8 Å². The fourth-order valence-corrected chi connectivity index (χ4v) is 6.61. The van der Waals surface area contributed by atoms with Crippen molar-refractivity contribution in [2.45, 2.75) is 30.4 Å². The van der Waals surface area contributed by atoms with Gasteiger partial charge in [0.15, 0.2) is 0 Å². The van der Waals surface area contributed by atoms with Crippen molar-refractivity contribution in [2.75, 3.05) is 11.9 Å². The van der Waals surface area contributed by atoms with E-state index < -0.39 is 11.8 Å². The molecule has 1 atom stereocenters. The Morgan fingerprint density at radius 1 is 0.771 bits per heavy atom. The lowest BCUT2D eigenvalue weighted by molar-refractivity contribution is -0.113. The molecule has 1 unspecified atom stereocenters. The first kappa shape index (κ1) is 32.3. The molecule has 8 heteroatoms. The molecule has 1 heterocycles. The van der Waals surface area contributed by atoms with E-state index in [9.17, 15) is 14.4 Å². The maximum absolute atomic E-state index is 14.1. The van der Waals surface area contributed by atoms with Gasteiger partial charge in [0.1, 0.15) is 11.4 Å². The normalized spacial score (nSPS) is 12.1. The smallest absolute Gasteiger partial charge is 0.272 e. The number of carbonyl (C=O) groups is 3. The van der Waals surface area contributed by atoms with E-state index in [0.29, 0.717) is 30.0 Å². The standard InChI is InChI=1S/C40H35N3O4S/c1-3-37(40(46)43-35-19-10-8-17-32(35)33-18-9-11-20-36(33)43)48-31-16-12-15-29(26-31)41-39(45)34(42-38(44)28-13-6-5-7-14-28)25-27-21-23-30(24-22-27)47-4-2/h5-26,37H,3-4H2,1-2H3,(H,41,45)(H,42,44)/b34-25+. The van der Waals surface area contributed by atoms with Gasteiger partial charge in [-0.25, -0.2) is 0 Å². The summed E-state index contributed by atoms with van der Waals surface area (Å²) in [6.45, 7) is 4.46. The van der Waals surface area contributed by atoms with Gasteiger partial charge in [-0.1, -0.05) is 79.7 Å². The number of thioether (sulfide) groups is 1. The van der Waals surface area contributed by atoms with Crippen molar-refractivity contribution in [1.82, 2.24) is 9.88 Å². The molecule has 0 aliphatic carbocycles. The summed E-state index contributed by atoms with van der Waals surface area (Å²) in [4.78, 5) is 41.7. The minimum absolute atomic E-state index is 0.00135. The Labute approximate surface area is 283 Å². The van der Waals surface area contributed by atoms with Crippen molar-refractivity contribution in [2.24, 2.45) is 0 Å². The highest BCUT2D eigenvalue weighted by molar-refractivity contribution is 8.00. The van der Waals surface area contributed by atoms with Gasteiger partial charge in [-0.2, -0.15) is 0 Å². The summed E-state index contributed by atoms with van der Waals surface area (Å²) >= 11 is 1.46. The third kappa shape index (κ3) is 7.19. The van der Waals surface area contributed by atoms with Crippen molar-refractivity contribution in [3.63, 3.8) is 0 Å². The van der Waals surface area contributed by atoms with E-state index in [2.05, 4.69) is 10.6 Å². The van der Waals surface area contributed by atoms with Crippen LogP contribution in [-0.2, 0) is 4.79 Å². The third-order valence-electron chi connectivity index (χ3n) is 7.85. The number of anilines is 1. The first-order chi connectivity index (χ1) is 23.4. The van der Waals surface area contributed by atoms with Crippen LogP contribution in [-0.4, -0.2) is 34.1 Å². The quantitative estimate of drug-likeness (QED) is 0.108. The fourth-order valence-electron chi connectivity index (χ4n) is 5.56. The van der Waals surface area contributed by atoms with Crippen LogP contribution in [0, 0.1) is 0 Å². The van der Waals surface area contributed by atoms with Crippen molar-refractivity contribution in [3.8, 4) is 5.75 Å². The summed E-state index contributed by atoms with van der Waals surface area (Å²) in [5.74, 6) is -0.172. The zero-order valence-corrected chi connectivity index (χ0v) is 27.5. The number of aromatic nitrogens is 1. The Hall–Kier alpha value is -5.60. The zero-order valence-electron chi connectivity index (χ0n) is 26.7. The van der Waals surface area contributed by atoms with E-state index in [0.717, 1.165) is 32.3 Å². The summed E-state index contributed by atoms with van der Waals surface area (Å²) in [5, 5.41) is 7.44. The minimum Gasteiger partial charge on any atom is -0.494 e. The van der Waals surface area contributed by atoms with Crippen LogP contribution in [0.3, 0.4) is 0 Å². The van der Waals surface area contributed by atoms with E-state index in [1.807, 2.05) is 115 Å². The molecule has 0 bridgehead atoms. The third-order valence-corrected chi connectivity index (χ3v) is 9.19. The molecule has 7 nitrogen and oxygen atoms in total. The highest BCUT2D eigenvalue weighted by Gasteiger charge is 2.24. The van der Waals surface area contributed by atoms with E-state index in [1.54, 1.807) is 36.4 Å². The van der Waals surface area contributed by atoms with Crippen molar-refractivity contribution < 1.29 is 19.1 Å². The van der Waals surface area contributed by atoms with Gasteiger partial charge < -0.3 is 15.4 Å². The topological polar surface area (TPSA) is 89.4 Å². The Morgan fingerprint density at radius 3 is 2.06 bits per heavy atom. The molecular weight excluding hydrogens is 619 g/mol. The first-order valence-corrected chi connectivity index (χ1v) is 16.7. The molecular formula is C40H35N3O4S. The van der Waals surface area contributed by atoms with Crippen LogP contribution in [0.2, 0.25) is 0 Å². The lowest BCUT2D eigenvalue weighted by Gasteiger charge is -2.17.